The Kier molecular flexibility index (Phi) is 3.88. The maximum atomic E-state index is 6.03. The molecule has 1 aromatic rings. The smallest absolute Gasteiger partial charge is 0.478 e. The average molecular weight is 263 g/mol. The van der Waals surface area contributed by atoms with Crippen LogP contribution in [0, 0.1) is 0 Å². The van der Waals surface area contributed by atoms with Crippen molar-refractivity contribution < 1.29 is 14.0 Å². The molecule has 104 valence electrons. The van der Waals surface area contributed by atoms with Crippen LogP contribution in [-0.2, 0) is 9.31 Å². The van der Waals surface area contributed by atoms with Crippen LogP contribution in [-0.4, -0.2) is 29.9 Å². The summed E-state index contributed by atoms with van der Waals surface area (Å²) in [6.45, 7) is 10.9. The van der Waals surface area contributed by atoms with Gasteiger partial charge in [0.25, 0.3) is 0 Å². The molecule has 0 aliphatic carbocycles. The van der Waals surface area contributed by atoms with Crippen molar-refractivity contribution in [1.29, 1.82) is 0 Å². The van der Waals surface area contributed by atoms with Crippen molar-refractivity contribution in [3.63, 3.8) is 0 Å². The molecule has 0 saturated carbocycles. The lowest BCUT2D eigenvalue weighted by molar-refractivity contribution is 0.00578. The van der Waals surface area contributed by atoms with Crippen molar-refractivity contribution in [3.8, 4) is 5.88 Å². The van der Waals surface area contributed by atoms with Gasteiger partial charge in [0, 0.05) is 11.7 Å². The molecule has 0 radical (unpaired) electrons. The van der Waals surface area contributed by atoms with E-state index in [0.29, 0.717) is 12.5 Å². The fourth-order valence-electron chi connectivity index (χ4n) is 1.87. The van der Waals surface area contributed by atoms with Crippen molar-refractivity contribution in [2.75, 3.05) is 6.61 Å². The van der Waals surface area contributed by atoms with Gasteiger partial charge in [0.2, 0.25) is 5.88 Å². The summed E-state index contributed by atoms with van der Waals surface area (Å²) in [5.74, 6) is 0.600. The number of pyridine rings is 1. The SMILES string of the molecule is CCCOc1ncccc1B1OC(C)(C)C(C)(C)O1. The Bertz CT molecular complexity index is 432. The molecule has 1 aromatic heterocycles. The molecule has 2 rings (SSSR count). The number of nitrogens with zero attached hydrogens (tertiary/aromatic N) is 1. The topological polar surface area (TPSA) is 40.6 Å². The Hall–Kier alpha value is -1.07. The molecule has 0 unspecified atom stereocenters. The molecule has 1 aliphatic rings. The molecular formula is C14H22BNO3. The van der Waals surface area contributed by atoms with E-state index in [9.17, 15) is 0 Å². The standard InChI is InChI=1S/C14H22BNO3/c1-6-10-17-12-11(8-7-9-16-12)15-18-13(2,3)14(4,5)19-15/h7-9H,6,10H2,1-5H3. The number of aromatic nitrogens is 1. The number of hydrogen-bond acceptors (Lipinski definition) is 4. The largest absolute Gasteiger partial charge is 0.500 e. The fraction of sp³-hybridized carbons (Fsp3) is 0.643. The van der Waals surface area contributed by atoms with E-state index in [4.69, 9.17) is 14.0 Å². The highest BCUT2D eigenvalue weighted by molar-refractivity contribution is 6.63. The van der Waals surface area contributed by atoms with E-state index >= 15 is 0 Å². The van der Waals surface area contributed by atoms with Crippen molar-refractivity contribution in [2.24, 2.45) is 0 Å². The van der Waals surface area contributed by atoms with Gasteiger partial charge in [0.05, 0.1) is 17.8 Å². The summed E-state index contributed by atoms with van der Waals surface area (Å²) in [4.78, 5) is 4.27. The molecule has 1 fully saturated rings. The molecule has 19 heavy (non-hydrogen) atoms. The summed E-state index contributed by atoms with van der Waals surface area (Å²) in [7, 11) is -0.425. The minimum Gasteiger partial charge on any atom is -0.478 e. The van der Waals surface area contributed by atoms with Gasteiger partial charge >= 0.3 is 7.12 Å². The van der Waals surface area contributed by atoms with E-state index in [-0.39, 0.29) is 11.2 Å². The summed E-state index contributed by atoms with van der Waals surface area (Å²) in [6.07, 6.45) is 2.67. The van der Waals surface area contributed by atoms with Gasteiger partial charge in [0.1, 0.15) is 0 Å². The molecule has 0 N–H and O–H groups in total. The second-order valence-electron chi connectivity index (χ2n) is 5.83. The first-order chi connectivity index (χ1) is 8.87. The van der Waals surface area contributed by atoms with Gasteiger partial charge in [-0.15, -0.1) is 0 Å². The first kappa shape index (κ1) is 14.3. The third kappa shape index (κ3) is 2.77. The summed E-state index contributed by atoms with van der Waals surface area (Å²) in [6, 6.07) is 3.82. The van der Waals surface area contributed by atoms with Crippen LogP contribution in [0.15, 0.2) is 18.3 Å². The number of rotatable bonds is 4. The minimum absolute atomic E-state index is 0.352. The van der Waals surface area contributed by atoms with Crippen LogP contribution in [0.4, 0.5) is 0 Å². The lowest BCUT2D eigenvalue weighted by Crippen LogP contribution is -2.41. The molecule has 1 aliphatic heterocycles. The van der Waals surface area contributed by atoms with Gasteiger partial charge in [0.15, 0.2) is 0 Å². The summed E-state index contributed by atoms with van der Waals surface area (Å²) in [5.41, 5.74) is 0.153. The van der Waals surface area contributed by atoms with Crippen LogP contribution >= 0.6 is 0 Å². The third-order valence-electron chi connectivity index (χ3n) is 3.75. The highest BCUT2D eigenvalue weighted by Gasteiger charge is 2.52. The van der Waals surface area contributed by atoms with Crippen LogP contribution in [0.5, 0.6) is 5.88 Å². The number of hydrogen-bond donors (Lipinski definition) is 0. The van der Waals surface area contributed by atoms with Crippen LogP contribution in [0.2, 0.25) is 0 Å². The molecule has 0 amide bonds. The van der Waals surface area contributed by atoms with Crippen LogP contribution in [0.3, 0.4) is 0 Å². The van der Waals surface area contributed by atoms with E-state index < -0.39 is 7.12 Å². The first-order valence-corrected chi connectivity index (χ1v) is 6.81. The molecule has 4 nitrogen and oxygen atoms in total. The zero-order chi connectivity index (χ0) is 14.1. The van der Waals surface area contributed by atoms with E-state index in [1.807, 2.05) is 39.8 Å². The van der Waals surface area contributed by atoms with E-state index in [1.54, 1.807) is 6.20 Å². The van der Waals surface area contributed by atoms with Crippen LogP contribution < -0.4 is 10.2 Å². The number of ether oxygens (including phenoxy) is 1. The van der Waals surface area contributed by atoms with Crippen molar-refractivity contribution >= 4 is 12.6 Å². The van der Waals surface area contributed by atoms with Gasteiger partial charge in [-0.25, -0.2) is 4.98 Å². The van der Waals surface area contributed by atoms with Gasteiger partial charge in [-0.1, -0.05) is 13.0 Å². The van der Waals surface area contributed by atoms with E-state index in [1.165, 1.54) is 0 Å². The second kappa shape index (κ2) is 5.14. The first-order valence-electron chi connectivity index (χ1n) is 6.81. The zero-order valence-electron chi connectivity index (χ0n) is 12.4. The van der Waals surface area contributed by atoms with Crippen molar-refractivity contribution in [2.45, 2.75) is 52.2 Å². The van der Waals surface area contributed by atoms with E-state index in [0.717, 1.165) is 11.9 Å². The monoisotopic (exact) mass is 263 g/mol. The Morgan fingerprint density at radius 2 is 1.84 bits per heavy atom. The Labute approximate surface area is 115 Å². The van der Waals surface area contributed by atoms with Crippen molar-refractivity contribution in [3.05, 3.63) is 18.3 Å². The van der Waals surface area contributed by atoms with Crippen LogP contribution in [0.1, 0.15) is 41.0 Å². The maximum absolute atomic E-state index is 6.03. The van der Waals surface area contributed by atoms with Gasteiger partial charge < -0.3 is 14.0 Å². The second-order valence-corrected chi connectivity index (χ2v) is 5.83. The molecular weight excluding hydrogens is 241 g/mol. The predicted octanol–water partition coefficient (Wildman–Crippen LogP) is 2.17. The van der Waals surface area contributed by atoms with Gasteiger partial charge in [-0.2, -0.15) is 0 Å². The highest BCUT2D eigenvalue weighted by Crippen LogP contribution is 2.36. The third-order valence-corrected chi connectivity index (χ3v) is 3.75. The summed E-state index contributed by atoms with van der Waals surface area (Å²) < 4.78 is 17.7. The quantitative estimate of drug-likeness (QED) is 0.780. The van der Waals surface area contributed by atoms with Gasteiger partial charge in [-0.05, 0) is 40.2 Å². The molecule has 0 spiro atoms. The van der Waals surface area contributed by atoms with Gasteiger partial charge in [-0.3, -0.25) is 0 Å². The molecule has 1 saturated heterocycles. The molecule has 0 atom stereocenters. The lowest BCUT2D eigenvalue weighted by atomic mass is 9.80. The van der Waals surface area contributed by atoms with E-state index in [2.05, 4.69) is 11.9 Å². The normalized spacial score (nSPS) is 20.6. The maximum Gasteiger partial charge on any atom is 0.500 e. The molecule has 0 aromatic carbocycles. The average Bonchev–Trinajstić information content (AvgIpc) is 2.56. The molecule has 2 heterocycles. The van der Waals surface area contributed by atoms with Crippen LogP contribution in [0.25, 0.3) is 0 Å². The summed E-state index contributed by atoms with van der Waals surface area (Å²) in [5, 5.41) is 0. The minimum atomic E-state index is -0.425. The fourth-order valence-corrected chi connectivity index (χ4v) is 1.87. The summed E-state index contributed by atoms with van der Waals surface area (Å²) >= 11 is 0. The Morgan fingerprint density at radius 3 is 2.42 bits per heavy atom. The molecule has 0 bridgehead atoms. The Morgan fingerprint density at radius 1 is 1.21 bits per heavy atom. The lowest BCUT2D eigenvalue weighted by Gasteiger charge is -2.32. The highest BCUT2D eigenvalue weighted by atomic mass is 16.7. The Balaban J connectivity index is 2.24. The molecule has 5 heteroatoms. The predicted molar refractivity (Wildman–Crippen MR) is 75.7 cm³/mol. The van der Waals surface area contributed by atoms with Crippen molar-refractivity contribution in [1.82, 2.24) is 4.98 Å². The zero-order valence-corrected chi connectivity index (χ0v) is 12.4.